The molecule has 0 aliphatic heterocycles. The van der Waals surface area contributed by atoms with Crippen molar-refractivity contribution in [3.8, 4) is 0 Å². The van der Waals surface area contributed by atoms with E-state index in [1.165, 1.54) is 44.1 Å². The first kappa shape index (κ1) is 13.4. The zero-order valence-electron chi connectivity index (χ0n) is 11.5. The first-order chi connectivity index (χ1) is 8.79. The number of aromatic nitrogens is 1. The predicted molar refractivity (Wildman–Crippen MR) is 75.9 cm³/mol. The van der Waals surface area contributed by atoms with Gasteiger partial charge in [-0.25, -0.2) is 0 Å². The molecule has 0 spiro atoms. The lowest BCUT2D eigenvalue weighted by Gasteiger charge is -2.21. The first-order valence-corrected chi connectivity index (χ1v) is 7.49. The predicted octanol–water partition coefficient (Wildman–Crippen LogP) is 3.77. The summed E-state index contributed by atoms with van der Waals surface area (Å²) >= 11 is 0. The molecule has 1 aromatic heterocycles. The van der Waals surface area contributed by atoms with E-state index < -0.39 is 0 Å². The molecular weight excluding hydrogens is 222 g/mol. The average Bonchev–Trinajstić information content (AvgIpc) is 2.41. The van der Waals surface area contributed by atoms with Gasteiger partial charge in [0.2, 0.25) is 0 Å². The van der Waals surface area contributed by atoms with Crippen molar-refractivity contribution in [3.63, 3.8) is 0 Å². The summed E-state index contributed by atoms with van der Waals surface area (Å²) < 4.78 is 1.81. The Morgan fingerprint density at radius 3 is 2.72 bits per heavy atom. The fraction of sp³-hybridized carbons (Fsp3) is 0.688. The smallest absolute Gasteiger partial charge is 0.250 e. The summed E-state index contributed by atoms with van der Waals surface area (Å²) in [4.78, 5) is 11.8. The van der Waals surface area contributed by atoms with E-state index in [1.807, 2.05) is 16.8 Å². The van der Waals surface area contributed by atoms with Gasteiger partial charge in [0.25, 0.3) is 5.56 Å². The van der Waals surface area contributed by atoms with Gasteiger partial charge in [0.15, 0.2) is 0 Å². The van der Waals surface area contributed by atoms with Crippen LogP contribution in [-0.2, 0) is 13.0 Å². The van der Waals surface area contributed by atoms with E-state index in [1.54, 1.807) is 0 Å². The molecule has 0 aromatic carbocycles. The van der Waals surface area contributed by atoms with Crippen LogP contribution in [0.5, 0.6) is 0 Å². The summed E-state index contributed by atoms with van der Waals surface area (Å²) in [6, 6.07) is 3.96. The molecule has 0 N–H and O–H groups in total. The molecule has 0 atom stereocenters. The number of aryl methyl sites for hydroxylation is 2. The van der Waals surface area contributed by atoms with Crippen molar-refractivity contribution >= 4 is 0 Å². The van der Waals surface area contributed by atoms with Crippen LogP contribution >= 0.6 is 0 Å². The summed E-state index contributed by atoms with van der Waals surface area (Å²) in [5, 5.41) is 0. The third-order valence-electron chi connectivity index (χ3n) is 4.09. The molecule has 1 fully saturated rings. The van der Waals surface area contributed by atoms with Crippen LogP contribution in [-0.4, -0.2) is 4.57 Å². The minimum absolute atomic E-state index is 0.165. The number of hydrogen-bond donors (Lipinski definition) is 0. The second kappa shape index (κ2) is 6.77. The van der Waals surface area contributed by atoms with Crippen LogP contribution in [0.3, 0.4) is 0 Å². The Bertz CT molecular complexity index is 415. The van der Waals surface area contributed by atoms with Gasteiger partial charge in [0, 0.05) is 18.8 Å². The number of rotatable bonds is 5. The lowest BCUT2D eigenvalue weighted by Crippen LogP contribution is -2.19. The van der Waals surface area contributed by atoms with Gasteiger partial charge < -0.3 is 4.57 Å². The van der Waals surface area contributed by atoms with E-state index in [9.17, 15) is 4.79 Å². The van der Waals surface area contributed by atoms with Crippen LogP contribution in [0, 0.1) is 5.92 Å². The molecule has 0 saturated heterocycles. The van der Waals surface area contributed by atoms with Crippen LogP contribution in [0.25, 0.3) is 0 Å². The summed E-state index contributed by atoms with van der Waals surface area (Å²) in [5.74, 6) is 0.900. The summed E-state index contributed by atoms with van der Waals surface area (Å²) in [7, 11) is 0. The fourth-order valence-corrected chi connectivity index (χ4v) is 2.98. The molecule has 0 bridgehead atoms. The highest BCUT2D eigenvalue weighted by molar-refractivity contribution is 5.11. The molecule has 1 aliphatic rings. The molecule has 2 heteroatoms. The lowest BCUT2D eigenvalue weighted by atomic mass is 9.85. The minimum Gasteiger partial charge on any atom is -0.316 e. The van der Waals surface area contributed by atoms with Crippen molar-refractivity contribution in [2.24, 2.45) is 5.92 Å². The normalized spacial score (nSPS) is 16.9. The van der Waals surface area contributed by atoms with E-state index in [-0.39, 0.29) is 5.56 Å². The zero-order chi connectivity index (χ0) is 12.8. The van der Waals surface area contributed by atoms with Gasteiger partial charge >= 0.3 is 0 Å². The average molecular weight is 247 g/mol. The maximum atomic E-state index is 11.8. The maximum Gasteiger partial charge on any atom is 0.250 e. The molecule has 2 rings (SSSR count). The summed E-state index contributed by atoms with van der Waals surface area (Å²) in [6.07, 6.45) is 12.3. The van der Waals surface area contributed by atoms with Crippen LogP contribution < -0.4 is 5.56 Å². The van der Waals surface area contributed by atoms with Crippen molar-refractivity contribution in [2.75, 3.05) is 0 Å². The van der Waals surface area contributed by atoms with Gasteiger partial charge in [-0.1, -0.05) is 39.0 Å². The summed E-state index contributed by atoms with van der Waals surface area (Å²) in [6.45, 7) is 2.94. The van der Waals surface area contributed by atoms with Gasteiger partial charge in [-0.05, 0) is 36.8 Å². The second-order valence-corrected chi connectivity index (χ2v) is 5.61. The fourth-order valence-electron chi connectivity index (χ4n) is 2.98. The van der Waals surface area contributed by atoms with Crippen molar-refractivity contribution < 1.29 is 0 Å². The summed E-state index contributed by atoms with van der Waals surface area (Å²) in [5.41, 5.74) is 1.39. The molecule has 0 amide bonds. The standard InChI is InChI=1S/C16H25NO/c1-2-11-17-12-10-15(13-16(17)18)9-8-14-6-4-3-5-7-14/h10,12-14H,2-9,11H2,1H3. The van der Waals surface area contributed by atoms with Crippen molar-refractivity contribution in [1.82, 2.24) is 4.57 Å². The Labute approximate surface area is 110 Å². The molecular formula is C16H25NO. The van der Waals surface area contributed by atoms with Gasteiger partial charge in [-0.3, -0.25) is 4.79 Å². The minimum atomic E-state index is 0.165. The number of hydrogen-bond acceptors (Lipinski definition) is 1. The van der Waals surface area contributed by atoms with Crippen LogP contribution in [0.15, 0.2) is 23.1 Å². The van der Waals surface area contributed by atoms with Crippen LogP contribution in [0.1, 0.15) is 57.4 Å². The monoisotopic (exact) mass is 247 g/mol. The van der Waals surface area contributed by atoms with Crippen LogP contribution in [0.2, 0.25) is 0 Å². The van der Waals surface area contributed by atoms with E-state index in [0.29, 0.717) is 0 Å². The molecule has 1 heterocycles. The molecule has 1 aliphatic carbocycles. The van der Waals surface area contributed by atoms with Gasteiger partial charge in [-0.15, -0.1) is 0 Å². The van der Waals surface area contributed by atoms with Gasteiger partial charge in [-0.2, -0.15) is 0 Å². The second-order valence-electron chi connectivity index (χ2n) is 5.61. The Morgan fingerprint density at radius 1 is 1.28 bits per heavy atom. The van der Waals surface area contributed by atoms with E-state index >= 15 is 0 Å². The van der Waals surface area contributed by atoms with Crippen molar-refractivity contribution in [1.29, 1.82) is 0 Å². The Hall–Kier alpha value is -1.05. The largest absolute Gasteiger partial charge is 0.316 e. The molecule has 0 radical (unpaired) electrons. The van der Waals surface area contributed by atoms with Crippen LogP contribution in [0.4, 0.5) is 0 Å². The Kier molecular flexibility index (Phi) is 5.03. The highest BCUT2D eigenvalue weighted by Crippen LogP contribution is 2.27. The highest BCUT2D eigenvalue weighted by atomic mass is 16.1. The molecule has 1 aromatic rings. The van der Waals surface area contributed by atoms with E-state index in [2.05, 4.69) is 13.0 Å². The quantitative estimate of drug-likeness (QED) is 0.776. The third-order valence-corrected chi connectivity index (χ3v) is 4.09. The van der Waals surface area contributed by atoms with Gasteiger partial charge in [0.1, 0.15) is 0 Å². The third kappa shape index (κ3) is 3.72. The topological polar surface area (TPSA) is 22.0 Å². The Morgan fingerprint density at radius 2 is 2.06 bits per heavy atom. The maximum absolute atomic E-state index is 11.8. The number of nitrogens with zero attached hydrogens (tertiary/aromatic N) is 1. The lowest BCUT2D eigenvalue weighted by molar-refractivity contribution is 0.339. The molecule has 100 valence electrons. The molecule has 1 saturated carbocycles. The molecule has 2 nitrogen and oxygen atoms in total. The first-order valence-electron chi connectivity index (χ1n) is 7.49. The van der Waals surface area contributed by atoms with Crippen molar-refractivity contribution in [2.45, 2.75) is 64.8 Å². The van der Waals surface area contributed by atoms with Gasteiger partial charge in [0.05, 0.1) is 0 Å². The molecule has 18 heavy (non-hydrogen) atoms. The zero-order valence-corrected chi connectivity index (χ0v) is 11.5. The highest BCUT2D eigenvalue weighted by Gasteiger charge is 2.13. The van der Waals surface area contributed by atoms with E-state index in [0.717, 1.165) is 25.3 Å². The van der Waals surface area contributed by atoms with E-state index in [4.69, 9.17) is 0 Å². The number of pyridine rings is 1. The molecule has 0 unspecified atom stereocenters. The Balaban J connectivity index is 1.89. The van der Waals surface area contributed by atoms with Crippen molar-refractivity contribution in [3.05, 3.63) is 34.2 Å². The SMILES string of the molecule is CCCn1ccc(CCC2CCCCC2)cc1=O.